The van der Waals surface area contributed by atoms with Crippen LogP contribution in [0.1, 0.15) is 17.3 Å². The third kappa shape index (κ3) is 1.93. The number of carbonyl (C=O) groups excluding carboxylic acids is 1. The van der Waals surface area contributed by atoms with Crippen LogP contribution < -0.4 is 5.56 Å². The monoisotopic (exact) mass is 231 g/mol. The summed E-state index contributed by atoms with van der Waals surface area (Å²) in [5.41, 5.74) is 0.136. The molecule has 0 saturated carbocycles. The van der Waals surface area contributed by atoms with Crippen molar-refractivity contribution in [3.05, 3.63) is 46.4 Å². The molecule has 0 unspecified atom stereocenters. The van der Waals surface area contributed by atoms with Crippen LogP contribution in [0.5, 0.6) is 0 Å². The minimum absolute atomic E-state index is 0.189. The Morgan fingerprint density at radius 2 is 2.12 bits per heavy atom. The number of fused-ring (bicyclic) bond motifs is 1. The summed E-state index contributed by atoms with van der Waals surface area (Å²) in [6.07, 6.45) is 1.68. The highest BCUT2D eigenvalue weighted by atomic mass is 16.5. The van der Waals surface area contributed by atoms with Crippen LogP contribution in [0.15, 0.2) is 35.3 Å². The first-order valence-electron chi connectivity index (χ1n) is 5.40. The summed E-state index contributed by atoms with van der Waals surface area (Å²) < 4.78 is 6.39. The minimum Gasteiger partial charge on any atom is -0.462 e. The molecule has 2 rings (SSSR count). The molecule has 0 fully saturated rings. The van der Waals surface area contributed by atoms with Gasteiger partial charge >= 0.3 is 5.97 Å². The number of benzene rings is 1. The summed E-state index contributed by atoms with van der Waals surface area (Å²) in [4.78, 5) is 23.8. The van der Waals surface area contributed by atoms with Crippen LogP contribution in [0.25, 0.3) is 10.8 Å². The minimum atomic E-state index is -0.457. The number of pyridine rings is 1. The smallest absolute Gasteiger partial charge is 0.338 e. The number of aryl methyl sites for hydroxylation is 1. The van der Waals surface area contributed by atoms with Gasteiger partial charge in [-0.25, -0.2) is 4.79 Å². The van der Waals surface area contributed by atoms with Gasteiger partial charge in [0.05, 0.1) is 17.6 Å². The second-order valence-electron chi connectivity index (χ2n) is 3.72. The van der Waals surface area contributed by atoms with E-state index < -0.39 is 5.97 Å². The Labute approximate surface area is 98.4 Å². The van der Waals surface area contributed by atoms with Crippen molar-refractivity contribution >= 4 is 16.7 Å². The Kier molecular flexibility index (Phi) is 2.95. The predicted molar refractivity (Wildman–Crippen MR) is 65.1 cm³/mol. The predicted octanol–water partition coefficient (Wildman–Crippen LogP) is 1.72. The topological polar surface area (TPSA) is 48.3 Å². The van der Waals surface area contributed by atoms with E-state index in [4.69, 9.17) is 4.74 Å². The van der Waals surface area contributed by atoms with Crippen LogP contribution in [-0.4, -0.2) is 17.1 Å². The van der Waals surface area contributed by atoms with E-state index >= 15 is 0 Å². The van der Waals surface area contributed by atoms with Gasteiger partial charge in [-0.05, 0) is 24.4 Å². The van der Waals surface area contributed by atoms with Gasteiger partial charge in [0.25, 0.3) is 5.56 Å². The highest BCUT2D eigenvalue weighted by Crippen LogP contribution is 2.15. The standard InChI is InChI=1S/C13H13NO3/c1-3-17-13(16)10-6-4-5-9-7-8-14(2)12(15)11(9)10/h4-8H,3H2,1-2H3. The van der Waals surface area contributed by atoms with Crippen molar-refractivity contribution in [1.29, 1.82) is 0 Å². The molecule has 0 aliphatic rings. The van der Waals surface area contributed by atoms with Crippen LogP contribution in [0.2, 0.25) is 0 Å². The molecule has 1 aromatic carbocycles. The van der Waals surface area contributed by atoms with Gasteiger partial charge in [0.2, 0.25) is 0 Å². The largest absolute Gasteiger partial charge is 0.462 e. The SMILES string of the molecule is CCOC(=O)c1cccc2ccn(C)c(=O)c12. The van der Waals surface area contributed by atoms with Crippen molar-refractivity contribution in [2.75, 3.05) is 6.61 Å². The summed E-state index contributed by atoms with van der Waals surface area (Å²) in [7, 11) is 1.66. The molecule has 0 aliphatic carbocycles. The van der Waals surface area contributed by atoms with E-state index in [9.17, 15) is 9.59 Å². The van der Waals surface area contributed by atoms with Crippen molar-refractivity contribution in [2.24, 2.45) is 7.05 Å². The number of rotatable bonds is 2. The number of hydrogen-bond acceptors (Lipinski definition) is 3. The Bertz CT molecular complexity index is 628. The number of aromatic nitrogens is 1. The first kappa shape index (κ1) is 11.4. The third-order valence-electron chi connectivity index (χ3n) is 2.60. The second kappa shape index (κ2) is 4.41. The van der Waals surface area contributed by atoms with E-state index in [1.807, 2.05) is 0 Å². The molecular weight excluding hydrogens is 218 g/mol. The number of nitrogens with zero attached hydrogens (tertiary/aromatic N) is 1. The van der Waals surface area contributed by atoms with Gasteiger partial charge in [-0.2, -0.15) is 0 Å². The maximum absolute atomic E-state index is 12.0. The van der Waals surface area contributed by atoms with E-state index in [0.29, 0.717) is 17.6 Å². The van der Waals surface area contributed by atoms with E-state index in [2.05, 4.69) is 0 Å². The molecule has 4 heteroatoms. The molecule has 0 N–H and O–H groups in total. The van der Waals surface area contributed by atoms with Crippen molar-refractivity contribution in [1.82, 2.24) is 4.57 Å². The first-order valence-corrected chi connectivity index (χ1v) is 5.40. The molecule has 0 radical (unpaired) electrons. The fourth-order valence-corrected chi connectivity index (χ4v) is 1.76. The lowest BCUT2D eigenvalue weighted by Gasteiger charge is -2.06. The van der Waals surface area contributed by atoms with Gasteiger partial charge < -0.3 is 9.30 Å². The third-order valence-corrected chi connectivity index (χ3v) is 2.60. The van der Waals surface area contributed by atoms with E-state index in [0.717, 1.165) is 5.39 Å². The number of esters is 1. The van der Waals surface area contributed by atoms with Crippen molar-refractivity contribution in [3.63, 3.8) is 0 Å². The van der Waals surface area contributed by atoms with E-state index in [-0.39, 0.29) is 5.56 Å². The molecule has 1 heterocycles. The molecule has 88 valence electrons. The molecule has 0 spiro atoms. The highest BCUT2D eigenvalue weighted by Gasteiger charge is 2.13. The summed E-state index contributed by atoms with van der Waals surface area (Å²) in [6, 6.07) is 6.97. The molecule has 1 aromatic heterocycles. The van der Waals surface area contributed by atoms with Gasteiger partial charge in [0.1, 0.15) is 0 Å². The highest BCUT2D eigenvalue weighted by molar-refractivity contribution is 6.04. The van der Waals surface area contributed by atoms with Crippen LogP contribution in [0.3, 0.4) is 0 Å². The van der Waals surface area contributed by atoms with Crippen LogP contribution in [0.4, 0.5) is 0 Å². The van der Waals surface area contributed by atoms with Gasteiger partial charge in [0, 0.05) is 13.2 Å². The summed E-state index contributed by atoms with van der Waals surface area (Å²) in [6.45, 7) is 2.03. The lowest BCUT2D eigenvalue weighted by atomic mass is 10.1. The van der Waals surface area contributed by atoms with Gasteiger partial charge in [0.15, 0.2) is 0 Å². The summed E-state index contributed by atoms with van der Waals surface area (Å²) in [5.74, 6) is -0.457. The molecule has 17 heavy (non-hydrogen) atoms. The van der Waals surface area contributed by atoms with Crippen LogP contribution in [0, 0.1) is 0 Å². The Hall–Kier alpha value is -2.10. The molecule has 0 atom stereocenters. The maximum Gasteiger partial charge on any atom is 0.338 e. The van der Waals surface area contributed by atoms with Crippen molar-refractivity contribution in [3.8, 4) is 0 Å². The Balaban J connectivity index is 2.76. The van der Waals surface area contributed by atoms with Gasteiger partial charge in [-0.15, -0.1) is 0 Å². The lowest BCUT2D eigenvalue weighted by molar-refractivity contribution is 0.0528. The van der Waals surface area contributed by atoms with E-state index in [1.54, 1.807) is 44.4 Å². The molecule has 0 saturated heterocycles. The fourth-order valence-electron chi connectivity index (χ4n) is 1.76. The average molecular weight is 231 g/mol. The molecular formula is C13H13NO3. The zero-order chi connectivity index (χ0) is 12.4. The number of hydrogen-bond donors (Lipinski definition) is 0. The van der Waals surface area contributed by atoms with Crippen LogP contribution in [-0.2, 0) is 11.8 Å². The summed E-state index contributed by atoms with van der Waals surface area (Å²) in [5, 5.41) is 1.16. The lowest BCUT2D eigenvalue weighted by Crippen LogP contribution is -2.19. The zero-order valence-electron chi connectivity index (χ0n) is 9.77. The zero-order valence-corrected chi connectivity index (χ0v) is 9.77. The van der Waals surface area contributed by atoms with Gasteiger partial charge in [-0.1, -0.05) is 12.1 Å². The average Bonchev–Trinajstić information content (AvgIpc) is 2.33. The van der Waals surface area contributed by atoms with Crippen molar-refractivity contribution in [2.45, 2.75) is 6.92 Å². The molecule has 0 aliphatic heterocycles. The number of ether oxygens (including phenoxy) is 1. The molecule has 0 amide bonds. The Morgan fingerprint density at radius 3 is 2.82 bits per heavy atom. The van der Waals surface area contributed by atoms with E-state index in [1.165, 1.54) is 4.57 Å². The Morgan fingerprint density at radius 1 is 1.35 bits per heavy atom. The second-order valence-corrected chi connectivity index (χ2v) is 3.72. The molecule has 2 aromatic rings. The first-order chi connectivity index (χ1) is 8.15. The van der Waals surface area contributed by atoms with Gasteiger partial charge in [-0.3, -0.25) is 4.79 Å². The summed E-state index contributed by atoms with van der Waals surface area (Å²) >= 11 is 0. The quantitative estimate of drug-likeness (QED) is 0.739. The molecule has 0 bridgehead atoms. The fraction of sp³-hybridized carbons (Fsp3) is 0.231. The molecule has 4 nitrogen and oxygen atoms in total. The van der Waals surface area contributed by atoms with Crippen LogP contribution >= 0.6 is 0 Å². The van der Waals surface area contributed by atoms with Crippen molar-refractivity contribution < 1.29 is 9.53 Å². The normalized spacial score (nSPS) is 10.5. The number of carbonyl (C=O) groups is 1. The maximum atomic E-state index is 12.0.